The summed E-state index contributed by atoms with van der Waals surface area (Å²) in [6.45, 7) is 2.49. The van der Waals surface area contributed by atoms with Crippen molar-refractivity contribution in [3.8, 4) is 17.0 Å². The Hall–Kier alpha value is -2.15. The van der Waals surface area contributed by atoms with Crippen LogP contribution in [0, 0.1) is 4.77 Å². The first-order chi connectivity index (χ1) is 8.63. The van der Waals surface area contributed by atoms with E-state index < -0.39 is 5.56 Å². The third kappa shape index (κ3) is 2.25. The molecule has 1 aromatic heterocycles. The van der Waals surface area contributed by atoms with Gasteiger partial charge in [0.2, 0.25) is 4.77 Å². The molecule has 94 valence electrons. The lowest BCUT2D eigenvalue weighted by Crippen LogP contribution is -2.30. The molecule has 0 radical (unpaired) electrons. The lowest BCUT2D eigenvalue weighted by molar-refractivity contribution is 0.340. The van der Waals surface area contributed by atoms with Crippen molar-refractivity contribution in [1.29, 1.82) is 0 Å². The van der Waals surface area contributed by atoms with E-state index in [4.69, 9.17) is 22.8 Å². The predicted octanol–water partition coefficient (Wildman–Crippen LogP) is 1.08. The number of hydrogen-bond donors (Lipinski definition) is 2. The molecule has 1 aromatic carbocycles. The van der Waals surface area contributed by atoms with Gasteiger partial charge in [0, 0.05) is 5.56 Å². The van der Waals surface area contributed by atoms with Gasteiger partial charge in [-0.2, -0.15) is 9.77 Å². The van der Waals surface area contributed by atoms with E-state index in [2.05, 4.69) is 10.2 Å². The highest BCUT2D eigenvalue weighted by Crippen LogP contribution is 2.17. The van der Waals surface area contributed by atoms with Crippen LogP contribution in [0.1, 0.15) is 6.92 Å². The summed E-state index contributed by atoms with van der Waals surface area (Å²) in [5.74, 6) is 6.24. The molecule has 2 rings (SSSR count). The molecule has 18 heavy (non-hydrogen) atoms. The summed E-state index contributed by atoms with van der Waals surface area (Å²) >= 11 is 4.81. The topological polar surface area (TPSA) is 85.9 Å². The number of ether oxygens (including phenoxy) is 1. The fourth-order valence-electron chi connectivity index (χ4n) is 1.48. The van der Waals surface area contributed by atoms with E-state index >= 15 is 0 Å². The summed E-state index contributed by atoms with van der Waals surface area (Å²) in [5, 5.41) is 6.42. The number of nitrogens with zero attached hydrogens (tertiary/aromatic N) is 2. The molecule has 0 aliphatic carbocycles. The van der Waals surface area contributed by atoms with E-state index in [1.165, 1.54) is 0 Å². The second-order valence-corrected chi connectivity index (χ2v) is 3.90. The largest absolute Gasteiger partial charge is 0.494 e. The molecule has 6 nitrogen and oxygen atoms in total. The second kappa shape index (κ2) is 5.01. The molecule has 1 heterocycles. The SMILES string of the molecule is CCOc1ccc(-c2n[nH]c(=S)n(N)c2=O)cc1. The van der Waals surface area contributed by atoms with Crippen LogP contribution in [0.3, 0.4) is 0 Å². The van der Waals surface area contributed by atoms with Crippen molar-refractivity contribution in [2.24, 2.45) is 0 Å². The molecule has 0 aliphatic rings. The highest BCUT2D eigenvalue weighted by molar-refractivity contribution is 7.71. The second-order valence-electron chi connectivity index (χ2n) is 3.51. The van der Waals surface area contributed by atoms with Gasteiger partial charge in [-0.3, -0.25) is 9.89 Å². The van der Waals surface area contributed by atoms with Gasteiger partial charge in [-0.05, 0) is 43.4 Å². The normalized spacial score (nSPS) is 10.3. The zero-order valence-electron chi connectivity index (χ0n) is 9.71. The van der Waals surface area contributed by atoms with Gasteiger partial charge in [-0.1, -0.05) is 0 Å². The molecule has 0 fully saturated rings. The molecule has 0 saturated carbocycles. The summed E-state index contributed by atoms with van der Waals surface area (Å²) in [4.78, 5) is 11.9. The maximum absolute atomic E-state index is 11.9. The van der Waals surface area contributed by atoms with Crippen LogP contribution in [0.4, 0.5) is 0 Å². The fourth-order valence-corrected chi connectivity index (χ4v) is 1.60. The van der Waals surface area contributed by atoms with Crippen LogP contribution in [0.25, 0.3) is 11.3 Å². The maximum Gasteiger partial charge on any atom is 0.299 e. The summed E-state index contributed by atoms with van der Waals surface area (Å²) in [6.07, 6.45) is 0. The van der Waals surface area contributed by atoms with E-state index in [1.54, 1.807) is 24.3 Å². The van der Waals surface area contributed by atoms with E-state index in [0.29, 0.717) is 12.2 Å². The van der Waals surface area contributed by atoms with Crippen LogP contribution < -0.4 is 16.1 Å². The number of benzene rings is 1. The Kier molecular flexibility index (Phi) is 3.42. The Morgan fingerprint density at radius 3 is 2.72 bits per heavy atom. The van der Waals surface area contributed by atoms with Crippen LogP contribution in [-0.2, 0) is 0 Å². The lowest BCUT2D eigenvalue weighted by Gasteiger charge is -2.05. The van der Waals surface area contributed by atoms with Crippen molar-refractivity contribution in [2.75, 3.05) is 12.4 Å². The summed E-state index contributed by atoms with van der Waals surface area (Å²) in [7, 11) is 0. The number of aromatic amines is 1. The molecule has 2 aromatic rings. The van der Waals surface area contributed by atoms with Crippen LogP contribution in [0.2, 0.25) is 0 Å². The number of aromatic nitrogens is 3. The number of hydrogen-bond acceptors (Lipinski definition) is 5. The molecule has 7 heteroatoms. The van der Waals surface area contributed by atoms with E-state index in [-0.39, 0.29) is 10.5 Å². The van der Waals surface area contributed by atoms with Gasteiger partial charge >= 0.3 is 0 Å². The smallest absolute Gasteiger partial charge is 0.299 e. The van der Waals surface area contributed by atoms with Gasteiger partial charge in [0.1, 0.15) is 5.75 Å². The minimum atomic E-state index is -0.442. The van der Waals surface area contributed by atoms with Crippen molar-refractivity contribution in [2.45, 2.75) is 6.92 Å². The number of H-pyrrole nitrogens is 1. The first-order valence-electron chi connectivity index (χ1n) is 5.33. The summed E-state index contributed by atoms with van der Waals surface area (Å²) in [5.41, 5.74) is 0.422. The third-order valence-corrected chi connectivity index (χ3v) is 2.63. The Bertz CT molecular complexity index is 660. The maximum atomic E-state index is 11.9. The zero-order valence-corrected chi connectivity index (χ0v) is 10.5. The average molecular weight is 264 g/mol. The minimum absolute atomic E-state index is 0.0784. The van der Waals surface area contributed by atoms with Crippen molar-refractivity contribution in [3.63, 3.8) is 0 Å². The molecule has 0 bridgehead atoms. The zero-order chi connectivity index (χ0) is 13.1. The van der Waals surface area contributed by atoms with Crippen LogP contribution in [0.5, 0.6) is 5.75 Å². The molecule has 0 unspecified atom stereocenters. The van der Waals surface area contributed by atoms with Gasteiger partial charge in [0.05, 0.1) is 6.61 Å². The molecule has 0 spiro atoms. The summed E-state index contributed by atoms with van der Waals surface area (Å²) < 4.78 is 6.25. The lowest BCUT2D eigenvalue weighted by atomic mass is 10.1. The Balaban J connectivity index is 2.46. The summed E-state index contributed by atoms with van der Waals surface area (Å²) in [6, 6.07) is 7.02. The fraction of sp³-hybridized carbons (Fsp3) is 0.182. The van der Waals surface area contributed by atoms with Gasteiger partial charge < -0.3 is 10.6 Å². The van der Waals surface area contributed by atoms with Crippen LogP contribution >= 0.6 is 12.2 Å². The highest BCUT2D eigenvalue weighted by atomic mass is 32.1. The quantitative estimate of drug-likeness (QED) is 0.640. The number of nitrogens with one attached hydrogen (secondary N) is 1. The molecule has 0 aliphatic heterocycles. The molecular formula is C11H12N4O2S. The highest BCUT2D eigenvalue weighted by Gasteiger charge is 2.08. The number of nitrogens with two attached hydrogens (primary N) is 1. The Morgan fingerprint density at radius 2 is 2.11 bits per heavy atom. The van der Waals surface area contributed by atoms with E-state index in [0.717, 1.165) is 10.4 Å². The minimum Gasteiger partial charge on any atom is -0.494 e. The molecule has 0 saturated heterocycles. The predicted molar refractivity (Wildman–Crippen MR) is 70.4 cm³/mol. The van der Waals surface area contributed by atoms with Gasteiger partial charge in [-0.15, -0.1) is 0 Å². The van der Waals surface area contributed by atoms with Crippen LogP contribution in [0.15, 0.2) is 29.1 Å². The van der Waals surface area contributed by atoms with Crippen molar-refractivity contribution in [3.05, 3.63) is 39.4 Å². The molecular weight excluding hydrogens is 252 g/mol. The first-order valence-corrected chi connectivity index (χ1v) is 5.74. The van der Waals surface area contributed by atoms with Crippen LogP contribution in [-0.4, -0.2) is 21.5 Å². The monoisotopic (exact) mass is 264 g/mol. The molecule has 0 amide bonds. The number of nitrogen functional groups attached to an aromatic ring is 1. The standard InChI is InChI=1S/C11H12N4O2S/c1-2-17-8-5-3-7(4-6-8)9-10(16)15(12)11(18)14-13-9/h3-6H,2,12H2,1H3,(H,14,18). The van der Waals surface area contributed by atoms with Gasteiger partial charge in [0.25, 0.3) is 5.56 Å². The third-order valence-electron chi connectivity index (χ3n) is 2.34. The van der Waals surface area contributed by atoms with E-state index in [1.807, 2.05) is 6.92 Å². The van der Waals surface area contributed by atoms with Gasteiger partial charge in [-0.25, -0.2) is 0 Å². The first kappa shape index (κ1) is 12.3. The average Bonchev–Trinajstić information content (AvgIpc) is 2.38. The van der Waals surface area contributed by atoms with Gasteiger partial charge in [0.15, 0.2) is 5.69 Å². The van der Waals surface area contributed by atoms with Crippen molar-refractivity contribution in [1.82, 2.24) is 14.9 Å². The van der Waals surface area contributed by atoms with Crippen molar-refractivity contribution < 1.29 is 4.74 Å². The van der Waals surface area contributed by atoms with E-state index in [9.17, 15) is 4.79 Å². The number of rotatable bonds is 3. The molecule has 3 N–H and O–H groups in total. The Morgan fingerprint density at radius 1 is 1.44 bits per heavy atom. The molecule has 0 atom stereocenters. The van der Waals surface area contributed by atoms with Crippen molar-refractivity contribution >= 4 is 12.2 Å². The Labute approximate surface area is 108 Å².